The molecule has 2 rings (SSSR count). The van der Waals surface area contributed by atoms with Crippen LogP contribution in [0.25, 0.3) is 0 Å². The number of hydrogen-bond acceptors (Lipinski definition) is 4. The second-order valence-electron chi connectivity index (χ2n) is 5.54. The fourth-order valence-electron chi connectivity index (χ4n) is 2.52. The Balaban J connectivity index is 1.69. The molecule has 1 saturated heterocycles. The molecule has 0 aromatic heterocycles. The average Bonchev–Trinajstić information content (AvgIpc) is 2.99. The van der Waals surface area contributed by atoms with Crippen LogP contribution in [0.1, 0.15) is 24.8 Å². The summed E-state index contributed by atoms with van der Waals surface area (Å²) in [5.74, 6) is 0.00550. The predicted octanol–water partition coefficient (Wildman–Crippen LogP) is 1.57. The second-order valence-corrected chi connectivity index (χ2v) is 5.54. The maximum atomic E-state index is 11.9. The minimum absolute atomic E-state index is 0.00550. The van der Waals surface area contributed by atoms with E-state index in [4.69, 9.17) is 5.26 Å². The van der Waals surface area contributed by atoms with Crippen molar-refractivity contribution in [3.63, 3.8) is 0 Å². The van der Waals surface area contributed by atoms with Crippen molar-refractivity contribution in [1.82, 2.24) is 10.2 Å². The fourth-order valence-corrected chi connectivity index (χ4v) is 2.52. The van der Waals surface area contributed by atoms with Gasteiger partial charge < -0.3 is 15.5 Å². The van der Waals surface area contributed by atoms with Gasteiger partial charge in [0.1, 0.15) is 0 Å². The van der Waals surface area contributed by atoms with Crippen molar-refractivity contribution in [1.29, 1.82) is 5.26 Å². The number of nitriles is 1. The van der Waals surface area contributed by atoms with E-state index in [1.807, 2.05) is 0 Å². The van der Waals surface area contributed by atoms with Crippen LogP contribution in [-0.2, 0) is 4.79 Å². The molecule has 2 N–H and O–H groups in total. The maximum Gasteiger partial charge on any atom is 0.225 e. The summed E-state index contributed by atoms with van der Waals surface area (Å²) in [6, 6.07) is 9.53. The van der Waals surface area contributed by atoms with E-state index >= 15 is 0 Å². The third-order valence-electron chi connectivity index (χ3n) is 3.71. The third-order valence-corrected chi connectivity index (χ3v) is 3.71. The van der Waals surface area contributed by atoms with Crippen LogP contribution in [0.5, 0.6) is 0 Å². The molecule has 1 unspecified atom stereocenters. The van der Waals surface area contributed by atoms with E-state index < -0.39 is 0 Å². The summed E-state index contributed by atoms with van der Waals surface area (Å²) < 4.78 is 0. The highest BCUT2D eigenvalue weighted by Gasteiger charge is 2.16. The molecule has 21 heavy (non-hydrogen) atoms. The van der Waals surface area contributed by atoms with Crippen molar-refractivity contribution in [3.05, 3.63) is 29.8 Å². The van der Waals surface area contributed by atoms with E-state index in [2.05, 4.69) is 28.7 Å². The lowest BCUT2D eigenvalue weighted by Gasteiger charge is -2.20. The van der Waals surface area contributed by atoms with Gasteiger partial charge in [0.2, 0.25) is 5.91 Å². The smallest absolute Gasteiger partial charge is 0.225 e. The number of carbonyl (C=O) groups excluding carboxylic acids is 1. The van der Waals surface area contributed by atoms with Crippen molar-refractivity contribution in [2.45, 2.75) is 25.3 Å². The van der Waals surface area contributed by atoms with Crippen LogP contribution in [0.2, 0.25) is 0 Å². The lowest BCUT2D eigenvalue weighted by molar-refractivity contribution is -0.116. The molecule has 0 saturated carbocycles. The molecule has 1 aromatic carbocycles. The van der Waals surface area contributed by atoms with E-state index in [0.29, 0.717) is 18.0 Å². The quantitative estimate of drug-likeness (QED) is 0.833. The SMILES string of the molecule is CN(CCC(=O)Nc1ccc(C#N)cc1)CC1CCCN1. The number of benzene rings is 1. The van der Waals surface area contributed by atoms with Gasteiger partial charge in [-0.2, -0.15) is 5.26 Å². The van der Waals surface area contributed by atoms with Gasteiger partial charge in [-0.05, 0) is 50.7 Å². The minimum Gasteiger partial charge on any atom is -0.326 e. The zero-order valence-corrected chi connectivity index (χ0v) is 12.4. The Labute approximate surface area is 125 Å². The molecule has 0 aliphatic carbocycles. The van der Waals surface area contributed by atoms with Gasteiger partial charge >= 0.3 is 0 Å². The second kappa shape index (κ2) is 7.77. The van der Waals surface area contributed by atoms with Crippen LogP contribution < -0.4 is 10.6 Å². The number of nitrogens with zero attached hydrogens (tertiary/aromatic N) is 2. The Morgan fingerprint density at radius 3 is 2.86 bits per heavy atom. The van der Waals surface area contributed by atoms with E-state index in [0.717, 1.165) is 25.3 Å². The first-order chi connectivity index (χ1) is 10.2. The molecule has 1 heterocycles. The molecule has 5 heteroatoms. The van der Waals surface area contributed by atoms with Gasteiger partial charge in [-0.15, -0.1) is 0 Å². The summed E-state index contributed by atoms with van der Waals surface area (Å²) in [5.41, 5.74) is 1.33. The first-order valence-electron chi connectivity index (χ1n) is 7.39. The van der Waals surface area contributed by atoms with E-state index in [1.54, 1.807) is 24.3 Å². The highest BCUT2D eigenvalue weighted by molar-refractivity contribution is 5.90. The van der Waals surface area contributed by atoms with Crippen LogP contribution >= 0.6 is 0 Å². The van der Waals surface area contributed by atoms with Crippen LogP contribution in [0, 0.1) is 11.3 Å². The molecular formula is C16H22N4O. The molecular weight excluding hydrogens is 264 g/mol. The Kier molecular flexibility index (Phi) is 5.73. The monoisotopic (exact) mass is 286 g/mol. The average molecular weight is 286 g/mol. The van der Waals surface area contributed by atoms with Crippen molar-refractivity contribution >= 4 is 11.6 Å². The lowest BCUT2D eigenvalue weighted by atomic mass is 10.2. The van der Waals surface area contributed by atoms with Gasteiger partial charge in [-0.3, -0.25) is 4.79 Å². The van der Waals surface area contributed by atoms with Gasteiger partial charge in [0.05, 0.1) is 11.6 Å². The molecule has 1 aliphatic heterocycles. The van der Waals surface area contributed by atoms with Crippen molar-refractivity contribution < 1.29 is 4.79 Å². The molecule has 0 spiro atoms. The number of hydrogen-bond donors (Lipinski definition) is 2. The first-order valence-corrected chi connectivity index (χ1v) is 7.39. The molecule has 112 valence electrons. The summed E-state index contributed by atoms with van der Waals surface area (Å²) >= 11 is 0. The highest BCUT2D eigenvalue weighted by atomic mass is 16.1. The van der Waals surface area contributed by atoms with Crippen molar-refractivity contribution in [2.24, 2.45) is 0 Å². The van der Waals surface area contributed by atoms with Crippen LogP contribution in [0.3, 0.4) is 0 Å². The lowest BCUT2D eigenvalue weighted by Crippen LogP contribution is -2.36. The fraction of sp³-hybridized carbons (Fsp3) is 0.500. The molecule has 0 radical (unpaired) electrons. The molecule has 1 amide bonds. The predicted molar refractivity (Wildman–Crippen MR) is 82.9 cm³/mol. The Morgan fingerprint density at radius 2 is 2.24 bits per heavy atom. The summed E-state index contributed by atoms with van der Waals surface area (Å²) in [5, 5.41) is 15.0. The largest absolute Gasteiger partial charge is 0.326 e. The van der Waals surface area contributed by atoms with Crippen LogP contribution in [0.15, 0.2) is 24.3 Å². The summed E-state index contributed by atoms with van der Waals surface area (Å²) in [7, 11) is 2.05. The van der Waals surface area contributed by atoms with Crippen LogP contribution in [0.4, 0.5) is 5.69 Å². The van der Waals surface area contributed by atoms with Gasteiger partial charge in [-0.1, -0.05) is 0 Å². The Morgan fingerprint density at radius 1 is 1.48 bits per heavy atom. The molecule has 5 nitrogen and oxygen atoms in total. The van der Waals surface area contributed by atoms with Gasteiger partial charge in [0.25, 0.3) is 0 Å². The van der Waals surface area contributed by atoms with Crippen molar-refractivity contribution in [2.75, 3.05) is 32.0 Å². The first kappa shape index (κ1) is 15.5. The molecule has 1 aliphatic rings. The summed E-state index contributed by atoms with van der Waals surface area (Å²) in [6.45, 7) is 2.85. The van der Waals surface area contributed by atoms with E-state index in [9.17, 15) is 4.79 Å². The highest BCUT2D eigenvalue weighted by Crippen LogP contribution is 2.10. The molecule has 1 fully saturated rings. The van der Waals surface area contributed by atoms with Crippen LogP contribution in [-0.4, -0.2) is 43.5 Å². The van der Waals surface area contributed by atoms with Gasteiger partial charge in [0, 0.05) is 31.2 Å². The topological polar surface area (TPSA) is 68.2 Å². The molecule has 1 atom stereocenters. The number of carbonyl (C=O) groups is 1. The maximum absolute atomic E-state index is 11.9. The number of amides is 1. The Hall–Kier alpha value is -1.90. The zero-order valence-electron chi connectivity index (χ0n) is 12.4. The Bertz CT molecular complexity index is 500. The number of likely N-dealkylation sites (N-methyl/N-ethyl adjacent to an activating group) is 1. The van der Waals surface area contributed by atoms with Gasteiger partial charge in [0.15, 0.2) is 0 Å². The standard InChI is InChI=1S/C16H22N4O/c1-20(12-15-3-2-9-18-15)10-8-16(21)19-14-6-4-13(11-17)5-7-14/h4-7,15,18H,2-3,8-10,12H2,1H3,(H,19,21). The van der Waals surface area contributed by atoms with E-state index in [1.165, 1.54) is 12.8 Å². The number of rotatable bonds is 6. The molecule has 1 aromatic rings. The third kappa shape index (κ3) is 5.18. The number of anilines is 1. The van der Waals surface area contributed by atoms with Gasteiger partial charge in [-0.25, -0.2) is 0 Å². The minimum atomic E-state index is 0.00550. The number of nitrogens with one attached hydrogen (secondary N) is 2. The summed E-state index contributed by atoms with van der Waals surface area (Å²) in [6.07, 6.45) is 2.95. The normalized spacial score (nSPS) is 17.7. The molecule has 0 bridgehead atoms. The summed E-state index contributed by atoms with van der Waals surface area (Å²) in [4.78, 5) is 14.1. The zero-order chi connectivity index (χ0) is 15.1. The van der Waals surface area contributed by atoms with Crippen molar-refractivity contribution in [3.8, 4) is 6.07 Å². The van der Waals surface area contributed by atoms with E-state index in [-0.39, 0.29) is 5.91 Å².